The van der Waals surface area contributed by atoms with E-state index in [0.717, 1.165) is 18.2 Å². The van der Waals surface area contributed by atoms with Gasteiger partial charge in [0.05, 0.1) is 11.3 Å². The first kappa shape index (κ1) is 21.2. The van der Waals surface area contributed by atoms with Crippen molar-refractivity contribution in [3.05, 3.63) is 76.8 Å². The Morgan fingerprint density at radius 2 is 1.94 bits per heavy atom. The molecule has 1 aromatic carbocycles. The third-order valence-corrected chi connectivity index (χ3v) is 5.87. The number of nitrogens with one attached hydrogen (secondary N) is 2. The molecule has 0 saturated heterocycles. The number of halogens is 2. The number of hydrogen-bond donors (Lipinski definition) is 3. The van der Waals surface area contributed by atoms with Gasteiger partial charge in [-0.25, -0.2) is 18.6 Å². The molecule has 0 aliphatic rings. The third kappa shape index (κ3) is 3.50. The van der Waals surface area contributed by atoms with Gasteiger partial charge in [-0.3, -0.25) is 9.52 Å². The summed E-state index contributed by atoms with van der Waals surface area (Å²) in [5.41, 5.74) is -1.82. The highest BCUT2D eigenvalue weighted by atomic mass is 32.2. The number of nitrogens with zero attached hydrogens (tertiary/aromatic N) is 1. The first-order valence-electron chi connectivity index (χ1n) is 8.91. The predicted molar refractivity (Wildman–Crippen MR) is 107 cm³/mol. The Morgan fingerprint density at radius 3 is 2.62 bits per heavy atom. The van der Waals surface area contributed by atoms with Crippen LogP contribution in [0.2, 0.25) is 0 Å². The summed E-state index contributed by atoms with van der Waals surface area (Å²) in [7, 11) is -4.58. The summed E-state index contributed by atoms with van der Waals surface area (Å²) in [6.45, 7) is 1.24. The number of carbonyl (C=O) groups excluding carboxylic acids is 1. The topological polar surface area (TPSA) is 142 Å². The van der Waals surface area contributed by atoms with E-state index in [1.807, 2.05) is 4.72 Å². The lowest BCUT2D eigenvalue weighted by Crippen LogP contribution is -2.16. The number of sulfonamides is 1. The average molecular weight is 461 g/mol. The molecule has 9 nitrogen and oxygen atoms in total. The molecule has 0 spiro atoms. The molecule has 0 saturated carbocycles. The summed E-state index contributed by atoms with van der Waals surface area (Å²) >= 11 is 0. The van der Waals surface area contributed by atoms with Gasteiger partial charge in [-0.15, -0.1) is 0 Å². The van der Waals surface area contributed by atoms with Crippen LogP contribution < -0.4 is 4.72 Å². The van der Waals surface area contributed by atoms with E-state index in [1.165, 1.54) is 25.4 Å². The number of pyridine rings is 1. The van der Waals surface area contributed by atoms with Gasteiger partial charge in [0.2, 0.25) is 10.9 Å². The number of rotatable bonds is 6. The number of benzene rings is 1. The molecule has 12 heteroatoms. The van der Waals surface area contributed by atoms with Crippen LogP contribution in [0.4, 0.5) is 14.5 Å². The van der Waals surface area contributed by atoms with Crippen molar-refractivity contribution in [1.82, 2.24) is 9.97 Å². The van der Waals surface area contributed by atoms with Crippen LogP contribution in [0.1, 0.15) is 32.0 Å². The molecule has 0 unspecified atom stereocenters. The number of carboxylic acid groups (broad SMARTS) is 1. The molecular formula is C20H13F2N3O6S. The molecule has 0 radical (unpaired) electrons. The zero-order valence-corrected chi connectivity index (χ0v) is 17.0. The van der Waals surface area contributed by atoms with Crippen molar-refractivity contribution in [3.8, 4) is 0 Å². The molecule has 32 heavy (non-hydrogen) atoms. The molecule has 4 aromatic rings. The molecule has 0 bridgehead atoms. The van der Waals surface area contributed by atoms with Gasteiger partial charge in [-0.2, -0.15) is 8.42 Å². The van der Waals surface area contributed by atoms with E-state index in [1.54, 1.807) is 6.07 Å². The Labute approximate surface area is 178 Å². The quantitative estimate of drug-likeness (QED) is 0.373. The van der Waals surface area contributed by atoms with Gasteiger partial charge in [0.15, 0.2) is 5.82 Å². The van der Waals surface area contributed by atoms with E-state index in [0.29, 0.717) is 11.0 Å². The molecule has 0 aliphatic heterocycles. The van der Waals surface area contributed by atoms with Crippen LogP contribution in [0, 0.1) is 18.6 Å². The van der Waals surface area contributed by atoms with E-state index < -0.39 is 55.3 Å². The summed E-state index contributed by atoms with van der Waals surface area (Å²) < 4.78 is 61.4. The summed E-state index contributed by atoms with van der Waals surface area (Å²) in [5, 5.41) is 8.59. The van der Waals surface area contributed by atoms with Crippen LogP contribution in [0.15, 0.2) is 52.2 Å². The Hall–Kier alpha value is -4.06. The first-order chi connectivity index (χ1) is 15.1. The van der Waals surface area contributed by atoms with Crippen molar-refractivity contribution >= 4 is 38.5 Å². The number of ketones is 1. The molecule has 3 N–H and O–H groups in total. The fraction of sp³-hybridized carbons (Fsp3) is 0.0500. The Morgan fingerprint density at radius 1 is 1.19 bits per heavy atom. The van der Waals surface area contributed by atoms with Gasteiger partial charge < -0.3 is 14.5 Å². The van der Waals surface area contributed by atoms with Crippen molar-refractivity contribution < 1.29 is 36.3 Å². The largest absolute Gasteiger partial charge is 0.478 e. The number of aromatic amines is 1. The Balaban J connectivity index is 1.75. The number of hydrogen-bond acceptors (Lipinski definition) is 6. The number of aryl methyl sites for hydroxylation is 1. The third-order valence-electron chi connectivity index (χ3n) is 4.65. The SMILES string of the molecule is Cc1oc(S(=O)(=O)Nc2ccc(F)c(C(=O)c3c[nH]c4ncccc34)c2F)cc1C(=O)O. The van der Waals surface area contributed by atoms with E-state index in [4.69, 9.17) is 9.52 Å². The van der Waals surface area contributed by atoms with Gasteiger partial charge in [-0.1, -0.05) is 0 Å². The van der Waals surface area contributed by atoms with Crippen molar-refractivity contribution in [2.75, 3.05) is 4.72 Å². The fourth-order valence-electron chi connectivity index (χ4n) is 3.11. The molecule has 0 amide bonds. The molecular weight excluding hydrogens is 448 g/mol. The van der Waals surface area contributed by atoms with Gasteiger partial charge in [0, 0.05) is 29.4 Å². The maximum absolute atomic E-state index is 15.1. The number of carboxylic acids is 1. The number of furan rings is 1. The first-order valence-corrected chi connectivity index (χ1v) is 10.4. The maximum atomic E-state index is 15.1. The lowest BCUT2D eigenvalue weighted by molar-refractivity contribution is 0.0694. The number of carbonyl (C=O) groups is 2. The lowest BCUT2D eigenvalue weighted by atomic mass is 10.0. The zero-order valence-electron chi connectivity index (χ0n) is 16.1. The fourth-order valence-corrected chi connectivity index (χ4v) is 4.17. The van der Waals surface area contributed by atoms with E-state index >= 15 is 4.39 Å². The van der Waals surface area contributed by atoms with Crippen molar-refractivity contribution in [3.63, 3.8) is 0 Å². The number of H-pyrrole nitrogens is 1. The maximum Gasteiger partial charge on any atom is 0.339 e. The number of anilines is 1. The standard InChI is InChI=1S/C20H13F2N3O6S/c1-9-11(20(27)28)7-15(31-9)32(29,30)25-14-5-4-13(21)16(17(14)22)18(26)12-8-24-19-10(12)3-2-6-23-19/h2-8,25H,1H3,(H,23,24)(H,27,28). The van der Waals surface area contributed by atoms with Crippen LogP contribution in [0.25, 0.3) is 11.0 Å². The summed E-state index contributed by atoms with van der Waals surface area (Å²) in [5.74, 6) is -5.26. The second kappa shape index (κ2) is 7.57. The second-order valence-corrected chi connectivity index (χ2v) is 8.27. The van der Waals surface area contributed by atoms with Gasteiger partial charge in [0.1, 0.15) is 22.8 Å². The number of aromatic nitrogens is 2. The monoisotopic (exact) mass is 461 g/mol. The van der Waals surface area contributed by atoms with Gasteiger partial charge in [0.25, 0.3) is 10.0 Å². The molecule has 0 fully saturated rings. The van der Waals surface area contributed by atoms with Gasteiger partial charge >= 0.3 is 5.97 Å². The van der Waals surface area contributed by atoms with Crippen LogP contribution in [0.3, 0.4) is 0 Å². The average Bonchev–Trinajstić information content (AvgIpc) is 3.34. The van der Waals surface area contributed by atoms with E-state index in [2.05, 4.69) is 9.97 Å². The minimum atomic E-state index is -4.58. The molecule has 4 rings (SSSR count). The molecule has 3 heterocycles. The van der Waals surface area contributed by atoms with Gasteiger partial charge in [-0.05, 0) is 31.2 Å². The van der Waals surface area contributed by atoms with Crippen LogP contribution >= 0.6 is 0 Å². The molecule has 0 atom stereocenters. The summed E-state index contributed by atoms with van der Waals surface area (Å²) in [4.78, 5) is 30.7. The van der Waals surface area contributed by atoms with Crippen molar-refractivity contribution in [1.29, 1.82) is 0 Å². The number of aromatic carboxylic acids is 1. The summed E-state index contributed by atoms with van der Waals surface area (Å²) in [6, 6.07) is 5.36. The molecule has 164 valence electrons. The summed E-state index contributed by atoms with van der Waals surface area (Å²) in [6.07, 6.45) is 2.71. The normalized spacial score (nSPS) is 11.6. The number of fused-ring (bicyclic) bond motifs is 1. The highest BCUT2D eigenvalue weighted by Gasteiger charge is 2.28. The Bertz CT molecular complexity index is 1510. The Kier molecular flexibility index (Phi) is 5.01. The van der Waals surface area contributed by atoms with Crippen LogP contribution in [-0.4, -0.2) is 35.2 Å². The second-order valence-electron chi connectivity index (χ2n) is 6.66. The molecule has 0 aliphatic carbocycles. The zero-order chi connectivity index (χ0) is 23.2. The lowest BCUT2D eigenvalue weighted by Gasteiger charge is -2.10. The minimum absolute atomic E-state index is 0.0568. The highest BCUT2D eigenvalue weighted by molar-refractivity contribution is 7.92. The smallest absolute Gasteiger partial charge is 0.339 e. The van der Waals surface area contributed by atoms with Crippen LogP contribution in [0.5, 0.6) is 0 Å². The van der Waals surface area contributed by atoms with Crippen molar-refractivity contribution in [2.24, 2.45) is 0 Å². The van der Waals surface area contributed by atoms with E-state index in [-0.39, 0.29) is 11.3 Å². The van der Waals surface area contributed by atoms with Crippen molar-refractivity contribution in [2.45, 2.75) is 12.0 Å². The molecule has 3 aromatic heterocycles. The minimum Gasteiger partial charge on any atom is -0.478 e. The highest BCUT2D eigenvalue weighted by Crippen LogP contribution is 2.29. The predicted octanol–water partition coefficient (Wildman–Crippen LogP) is 3.47. The van der Waals surface area contributed by atoms with Crippen LogP contribution in [-0.2, 0) is 10.0 Å². The van der Waals surface area contributed by atoms with E-state index in [9.17, 15) is 22.4 Å².